The first kappa shape index (κ1) is 14.8. The lowest BCUT2D eigenvalue weighted by molar-refractivity contribution is -0.148. The second-order valence-corrected chi connectivity index (χ2v) is 5.79. The van der Waals surface area contributed by atoms with Crippen LogP contribution in [0.3, 0.4) is 0 Å². The van der Waals surface area contributed by atoms with Crippen molar-refractivity contribution >= 4 is 17.8 Å². The summed E-state index contributed by atoms with van der Waals surface area (Å²) in [5.74, 6) is -1.67. The number of carboxylic acids is 1. The van der Waals surface area contributed by atoms with Crippen LogP contribution in [-0.4, -0.2) is 58.4 Å². The third-order valence-corrected chi connectivity index (χ3v) is 4.46. The fraction of sp³-hybridized carbons (Fsp3) is 0.786. The highest BCUT2D eigenvalue weighted by atomic mass is 16.4. The summed E-state index contributed by atoms with van der Waals surface area (Å²) in [4.78, 5) is 38.7. The first-order valence-electron chi connectivity index (χ1n) is 7.25. The molecule has 0 saturated carbocycles. The summed E-state index contributed by atoms with van der Waals surface area (Å²) >= 11 is 0. The fourth-order valence-corrected chi connectivity index (χ4v) is 3.09. The maximum absolute atomic E-state index is 12.5. The Kier molecular flexibility index (Phi) is 4.30. The summed E-state index contributed by atoms with van der Waals surface area (Å²) < 4.78 is 0. The number of aliphatic carboxylic acids is 1. The third kappa shape index (κ3) is 2.78. The number of amides is 2. The smallest absolute Gasteiger partial charge is 0.308 e. The molecule has 6 heteroatoms. The molecule has 2 saturated heterocycles. The van der Waals surface area contributed by atoms with Crippen molar-refractivity contribution < 1.29 is 19.5 Å². The van der Waals surface area contributed by atoms with Crippen LogP contribution in [0.15, 0.2) is 0 Å². The van der Waals surface area contributed by atoms with Gasteiger partial charge >= 0.3 is 5.97 Å². The second kappa shape index (κ2) is 5.81. The molecule has 1 N–H and O–H groups in total. The minimum absolute atomic E-state index is 0.0188. The van der Waals surface area contributed by atoms with Gasteiger partial charge in [0.2, 0.25) is 11.8 Å². The van der Waals surface area contributed by atoms with Crippen molar-refractivity contribution in [1.29, 1.82) is 0 Å². The lowest BCUT2D eigenvalue weighted by Gasteiger charge is -2.37. The van der Waals surface area contributed by atoms with Gasteiger partial charge in [-0.2, -0.15) is 0 Å². The molecule has 20 heavy (non-hydrogen) atoms. The SMILES string of the molecule is CCN1CC(C(=O)N2CC(C(=O)O)CCC2C)CC1=O. The topological polar surface area (TPSA) is 77.9 Å². The zero-order valence-electron chi connectivity index (χ0n) is 12.0. The summed E-state index contributed by atoms with van der Waals surface area (Å²) in [6.07, 6.45) is 1.58. The van der Waals surface area contributed by atoms with E-state index in [1.807, 2.05) is 13.8 Å². The zero-order chi connectivity index (χ0) is 14.9. The number of piperidine rings is 1. The minimum atomic E-state index is -0.840. The Morgan fingerprint density at radius 1 is 1.25 bits per heavy atom. The molecular formula is C14H22N2O4. The van der Waals surface area contributed by atoms with E-state index in [0.717, 1.165) is 0 Å². The van der Waals surface area contributed by atoms with Crippen LogP contribution >= 0.6 is 0 Å². The van der Waals surface area contributed by atoms with Crippen LogP contribution in [0.25, 0.3) is 0 Å². The molecule has 6 nitrogen and oxygen atoms in total. The molecule has 3 unspecified atom stereocenters. The van der Waals surface area contributed by atoms with Gasteiger partial charge in [-0.15, -0.1) is 0 Å². The molecule has 0 radical (unpaired) electrons. The Morgan fingerprint density at radius 3 is 2.50 bits per heavy atom. The number of rotatable bonds is 3. The Morgan fingerprint density at radius 2 is 1.95 bits per heavy atom. The molecule has 0 aromatic heterocycles. The molecule has 2 heterocycles. The fourth-order valence-electron chi connectivity index (χ4n) is 3.09. The Labute approximate surface area is 118 Å². The maximum Gasteiger partial charge on any atom is 0.308 e. The Hall–Kier alpha value is -1.59. The van der Waals surface area contributed by atoms with Crippen LogP contribution in [0.1, 0.15) is 33.1 Å². The highest BCUT2D eigenvalue weighted by Gasteiger charge is 2.40. The Balaban J connectivity index is 2.04. The summed E-state index contributed by atoms with van der Waals surface area (Å²) in [6.45, 7) is 5.20. The second-order valence-electron chi connectivity index (χ2n) is 5.79. The van der Waals surface area contributed by atoms with Gasteiger partial charge in [0.15, 0.2) is 0 Å². The van der Waals surface area contributed by atoms with Gasteiger partial charge in [-0.25, -0.2) is 0 Å². The van der Waals surface area contributed by atoms with Crippen molar-refractivity contribution in [3.63, 3.8) is 0 Å². The van der Waals surface area contributed by atoms with E-state index in [-0.39, 0.29) is 36.7 Å². The van der Waals surface area contributed by atoms with Gasteiger partial charge in [-0.3, -0.25) is 14.4 Å². The van der Waals surface area contributed by atoms with Gasteiger partial charge in [0.1, 0.15) is 0 Å². The highest BCUT2D eigenvalue weighted by molar-refractivity contribution is 5.89. The van der Waals surface area contributed by atoms with Gasteiger partial charge < -0.3 is 14.9 Å². The number of carbonyl (C=O) groups excluding carboxylic acids is 2. The molecule has 2 aliphatic rings. The standard InChI is InChI=1S/C14H22N2O4/c1-3-15-7-11(6-12(15)17)13(18)16-8-10(14(19)20)5-4-9(16)2/h9-11H,3-8H2,1-2H3,(H,19,20). The monoisotopic (exact) mass is 282 g/mol. The van der Waals surface area contributed by atoms with Crippen LogP contribution in [0.2, 0.25) is 0 Å². The van der Waals surface area contributed by atoms with E-state index in [1.54, 1.807) is 9.80 Å². The number of nitrogens with zero attached hydrogens (tertiary/aromatic N) is 2. The number of carboxylic acid groups (broad SMARTS) is 1. The predicted octanol–water partition coefficient (Wildman–Crippen LogP) is 0.566. The summed E-state index contributed by atoms with van der Waals surface area (Å²) in [5, 5.41) is 9.11. The van der Waals surface area contributed by atoms with Crippen LogP contribution < -0.4 is 0 Å². The number of hydrogen-bond acceptors (Lipinski definition) is 3. The molecule has 0 aromatic carbocycles. The molecule has 2 fully saturated rings. The predicted molar refractivity (Wildman–Crippen MR) is 71.9 cm³/mol. The van der Waals surface area contributed by atoms with Gasteiger partial charge in [-0.05, 0) is 26.7 Å². The largest absolute Gasteiger partial charge is 0.481 e. The van der Waals surface area contributed by atoms with Crippen molar-refractivity contribution in [3.8, 4) is 0 Å². The molecule has 0 aliphatic carbocycles. The minimum Gasteiger partial charge on any atom is -0.481 e. The van der Waals surface area contributed by atoms with Crippen LogP contribution in [0, 0.1) is 11.8 Å². The molecule has 2 rings (SSSR count). The van der Waals surface area contributed by atoms with Crippen molar-refractivity contribution in [2.75, 3.05) is 19.6 Å². The van der Waals surface area contributed by atoms with Crippen molar-refractivity contribution in [2.24, 2.45) is 11.8 Å². The lowest BCUT2D eigenvalue weighted by Crippen LogP contribution is -2.49. The van der Waals surface area contributed by atoms with E-state index in [9.17, 15) is 14.4 Å². The average molecular weight is 282 g/mol. The molecule has 2 aliphatic heterocycles. The molecule has 0 bridgehead atoms. The zero-order valence-corrected chi connectivity index (χ0v) is 12.0. The molecule has 112 valence electrons. The van der Waals surface area contributed by atoms with E-state index in [2.05, 4.69) is 0 Å². The third-order valence-electron chi connectivity index (χ3n) is 4.46. The molecule has 3 atom stereocenters. The van der Waals surface area contributed by atoms with Crippen molar-refractivity contribution in [1.82, 2.24) is 9.80 Å². The van der Waals surface area contributed by atoms with Gasteiger partial charge in [0.25, 0.3) is 0 Å². The van der Waals surface area contributed by atoms with Crippen molar-refractivity contribution in [2.45, 2.75) is 39.2 Å². The summed E-state index contributed by atoms with van der Waals surface area (Å²) in [7, 11) is 0. The van der Waals surface area contributed by atoms with Crippen LogP contribution in [0.5, 0.6) is 0 Å². The maximum atomic E-state index is 12.5. The van der Waals surface area contributed by atoms with Crippen LogP contribution in [0.4, 0.5) is 0 Å². The van der Waals surface area contributed by atoms with Gasteiger partial charge in [-0.1, -0.05) is 0 Å². The number of carbonyl (C=O) groups is 3. The molecular weight excluding hydrogens is 260 g/mol. The average Bonchev–Trinajstić information content (AvgIpc) is 2.79. The number of likely N-dealkylation sites (tertiary alicyclic amines) is 2. The normalized spacial score (nSPS) is 30.7. The quantitative estimate of drug-likeness (QED) is 0.820. The molecule has 0 aromatic rings. The van der Waals surface area contributed by atoms with E-state index < -0.39 is 11.9 Å². The summed E-state index contributed by atoms with van der Waals surface area (Å²) in [6, 6.07) is 0.0591. The highest BCUT2D eigenvalue weighted by Crippen LogP contribution is 2.27. The van der Waals surface area contributed by atoms with Crippen molar-refractivity contribution in [3.05, 3.63) is 0 Å². The lowest BCUT2D eigenvalue weighted by atomic mass is 9.92. The van der Waals surface area contributed by atoms with E-state index in [0.29, 0.717) is 25.9 Å². The van der Waals surface area contributed by atoms with E-state index in [4.69, 9.17) is 5.11 Å². The first-order valence-corrected chi connectivity index (χ1v) is 7.25. The number of hydrogen-bond donors (Lipinski definition) is 1. The molecule has 0 spiro atoms. The van der Waals surface area contributed by atoms with E-state index >= 15 is 0 Å². The van der Waals surface area contributed by atoms with E-state index in [1.165, 1.54) is 0 Å². The van der Waals surface area contributed by atoms with Crippen LogP contribution in [-0.2, 0) is 14.4 Å². The van der Waals surface area contributed by atoms with Gasteiger partial charge in [0.05, 0.1) is 11.8 Å². The Bertz CT molecular complexity index is 423. The summed E-state index contributed by atoms with van der Waals surface area (Å²) in [5.41, 5.74) is 0. The van der Waals surface area contributed by atoms with Gasteiger partial charge in [0, 0.05) is 32.1 Å². The molecule has 2 amide bonds. The first-order chi connectivity index (χ1) is 9.43.